The number of nitrogens with two attached hydrogens (primary N) is 1. The zero-order valence-corrected chi connectivity index (χ0v) is 25.6. The van der Waals surface area contributed by atoms with E-state index in [0.717, 1.165) is 37.9 Å². The number of hydrogen-bond donors (Lipinski definition) is 3. The summed E-state index contributed by atoms with van der Waals surface area (Å²) in [5, 5.41) is 28.4. The van der Waals surface area contributed by atoms with Crippen molar-refractivity contribution in [3.05, 3.63) is 58.0 Å². The van der Waals surface area contributed by atoms with Gasteiger partial charge in [-0.3, -0.25) is 4.79 Å². The van der Waals surface area contributed by atoms with Gasteiger partial charge in [0.25, 0.3) is 5.91 Å². The minimum atomic E-state index is -0.503. The molecule has 5 heterocycles. The van der Waals surface area contributed by atoms with Crippen LogP contribution in [0.15, 0.2) is 43.0 Å². The van der Waals surface area contributed by atoms with Gasteiger partial charge in [-0.2, -0.15) is 9.78 Å². The van der Waals surface area contributed by atoms with Crippen LogP contribution in [0.25, 0.3) is 22.5 Å². The number of piperidine rings is 1. The van der Waals surface area contributed by atoms with E-state index in [1.54, 1.807) is 22.7 Å². The molecular formula is C29H30ClFN10O3S. The fourth-order valence-corrected chi connectivity index (χ4v) is 7.17. The lowest BCUT2D eigenvalue weighted by Crippen LogP contribution is -2.47. The number of carbonyl (C=O) groups is 1. The lowest BCUT2D eigenvalue weighted by atomic mass is 9.95. The molecule has 0 spiro atoms. The highest BCUT2D eigenvalue weighted by Gasteiger charge is 2.29. The average molecular weight is 653 g/mol. The van der Waals surface area contributed by atoms with Crippen molar-refractivity contribution in [3.8, 4) is 22.7 Å². The maximum Gasteiger partial charge on any atom is 0.265 e. The molecule has 5 aromatic rings. The predicted octanol–water partition coefficient (Wildman–Crippen LogP) is 3.89. The number of benzene rings is 1. The summed E-state index contributed by atoms with van der Waals surface area (Å²) < 4.78 is 24.7. The molecule has 234 valence electrons. The Bertz CT molecular complexity index is 1840. The number of carbonyl (C=O) groups excluding carboxylic acids is 1. The van der Waals surface area contributed by atoms with E-state index in [-0.39, 0.29) is 35.7 Å². The van der Waals surface area contributed by atoms with Gasteiger partial charge in [0.1, 0.15) is 40.3 Å². The molecule has 1 aliphatic carbocycles. The van der Waals surface area contributed by atoms with Crippen molar-refractivity contribution in [3.63, 3.8) is 0 Å². The van der Waals surface area contributed by atoms with E-state index in [1.165, 1.54) is 34.7 Å². The Balaban J connectivity index is 1.12. The molecule has 1 saturated heterocycles. The maximum absolute atomic E-state index is 15.2. The smallest absolute Gasteiger partial charge is 0.265 e. The number of fused-ring (bicyclic) bond motifs is 1. The summed E-state index contributed by atoms with van der Waals surface area (Å²) in [6.45, 7) is 1.24. The lowest BCUT2D eigenvalue weighted by molar-refractivity contribution is 0.0657. The third-order valence-corrected chi connectivity index (χ3v) is 9.55. The largest absolute Gasteiger partial charge is 0.489 e. The fourth-order valence-electron chi connectivity index (χ4n) is 6.12. The Hall–Kier alpha value is -4.34. The highest BCUT2D eigenvalue weighted by molar-refractivity contribution is 7.18. The van der Waals surface area contributed by atoms with Gasteiger partial charge in [0.05, 0.1) is 27.9 Å². The number of tetrazole rings is 1. The Morgan fingerprint density at radius 1 is 1.16 bits per heavy atom. The number of rotatable bonds is 7. The summed E-state index contributed by atoms with van der Waals surface area (Å²) >= 11 is 7.50. The van der Waals surface area contributed by atoms with Crippen LogP contribution >= 0.6 is 22.9 Å². The first kappa shape index (κ1) is 29.4. The Morgan fingerprint density at radius 2 is 2.00 bits per heavy atom. The van der Waals surface area contributed by atoms with Crippen LogP contribution in [-0.2, 0) is 0 Å². The van der Waals surface area contributed by atoms with Gasteiger partial charge >= 0.3 is 0 Å². The molecule has 1 aliphatic heterocycles. The van der Waals surface area contributed by atoms with Gasteiger partial charge in [-0.1, -0.05) is 17.7 Å². The SMILES string of the molecule is Nc1ncnn2c(-c3ccc(-n4cnnn4)c(F)c3)cc(N3CCC[C@@H](NC(=O)c4sc(Cl)cc4OC4CCC(O)CC4)C3)c12. The predicted molar refractivity (Wildman–Crippen MR) is 166 cm³/mol. The molecule has 13 nitrogen and oxygen atoms in total. The van der Waals surface area contributed by atoms with E-state index < -0.39 is 5.82 Å². The van der Waals surface area contributed by atoms with Crippen molar-refractivity contribution >= 4 is 45.9 Å². The molecule has 7 rings (SSSR count). The summed E-state index contributed by atoms with van der Waals surface area (Å²) in [5.41, 5.74) is 9.18. The molecule has 0 radical (unpaired) electrons. The topological polar surface area (TPSA) is 162 Å². The van der Waals surface area contributed by atoms with Gasteiger partial charge in [-0.25, -0.2) is 13.9 Å². The summed E-state index contributed by atoms with van der Waals surface area (Å²) in [4.78, 5) is 20.3. The van der Waals surface area contributed by atoms with Crippen molar-refractivity contribution in [1.29, 1.82) is 0 Å². The highest BCUT2D eigenvalue weighted by atomic mass is 35.5. The normalized spacial score (nSPS) is 20.4. The number of ether oxygens (including phenoxy) is 1. The van der Waals surface area contributed by atoms with E-state index in [0.29, 0.717) is 51.1 Å². The molecule has 1 amide bonds. The van der Waals surface area contributed by atoms with Crippen LogP contribution in [0, 0.1) is 5.82 Å². The van der Waals surface area contributed by atoms with Crippen LogP contribution in [0.4, 0.5) is 15.9 Å². The molecule has 0 bridgehead atoms. The van der Waals surface area contributed by atoms with Gasteiger partial charge in [0.2, 0.25) is 0 Å². The molecule has 4 N–H and O–H groups in total. The van der Waals surface area contributed by atoms with E-state index in [1.807, 2.05) is 6.07 Å². The molecule has 16 heteroatoms. The fraction of sp³-hybridized carbons (Fsp3) is 0.379. The first-order chi connectivity index (χ1) is 21.8. The molecule has 1 atom stereocenters. The highest BCUT2D eigenvalue weighted by Crippen LogP contribution is 2.37. The minimum Gasteiger partial charge on any atom is -0.489 e. The molecule has 1 aromatic carbocycles. The van der Waals surface area contributed by atoms with Crippen LogP contribution in [0.5, 0.6) is 5.75 Å². The summed E-state index contributed by atoms with van der Waals surface area (Å²) in [5.74, 6) is 0.0153. The number of thiophene rings is 1. The lowest BCUT2D eigenvalue weighted by Gasteiger charge is -2.34. The molecule has 1 saturated carbocycles. The van der Waals surface area contributed by atoms with Crippen LogP contribution in [0.2, 0.25) is 4.34 Å². The average Bonchev–Trinajstić information content (AvgIpc) is 3.78. The zero-order chi connectivity index (χ0) is 31.1. The van der Waals surface area contributed by atoms with Gasteiger partial charge in [0, 0.05) is 30.8 Å². The number of hydrogen-bond acceptors (Lipinski definition) is 11. The van der Waals surface area contributed by atoms with E-state index in [4.69, 9.17) is 22.1 Å². The maximum atomic E-state index is 15.2. The summed E-state index contributed by atoms with van der Waals surface area (Å²) in [7, 11) is 0. The Labute approximate surface area is 265 Å². The minimum absolute atomic E-state index is 0.0648. The van der Waals surface area contributed by atoms with Gasteiger partial charge in [0.15, 0.2) is 5.82 Å². The van der Waals surface area contributed by atoms with Crippen LogP contribution in [0.1, 0.15) is 48.2 Å². The Kier molecular flexibility index (Phi) is 7.97. The number of aliphatic hydroxyl groups excluding tert-OH is 1. The number of anilines is 2. The number of aliphatic hydroxyl groups is 1. The van der Waals surface area contributed by atoms with Crippen LogP contribution in [-0.4, -0.2) is 77.2 Å². The van der Waals surface area contributed by atoms with Gasteiger partial charge < -0.3 is 25.8 Å². The van der Waals surface area contributed by atoms with Crippen molar-refractivity contribution in [1.82, 2.24) is 40.1 Å². The van der Waals surface area contributed by atoms with E-state index in [9.17, 15) is 9.90 Å². The van der Waals surface area contributed by atoms with Crippen LogP contribution in [0.3, 0.4) is 0 Å². The standard InChI is InChI=1S/C29H30ClFN10O3S/c30-25-12-24(44-19-6-4-18(42)5-7-19)27(45-25)29(43)36-17-2-1-9-39(13-17)23-11-22(41-26(23)28(32)33-14-35-41)16-3-8-21(20(31)10-16)40-15-34-37-38-40/h3,8,10-12,14-15,17-19,42H,1-2,4-7,9,13H2,(H,36,43)(H2,32,33,35)/t17-,18?,19?/m1/s1. The van der Waals surface area contributed by atoms with Crippen LogP contribution < -0.4 is 20.7 Å². The summed E-state index contributed by atoms with van der Waals surface area (Å²) in [6, 6.07) is 8.22. The molecule has 4 aromatic heterocycles. The first-order valence-electron chi connectivity index (χ1n) is 14.7. The summed E-state index contributed by atoms with van der Waals surface area (Å²) in [6.07, 6.45) is 6.73. The number of aromatic nitrogens is 7. The molecule has 0 unspecified atom stereocenters. The zero-order valence-electron chi connectivity index (χ0n) is 24.0. The molecule has 2 fully saturated rings. The van der Waals surface area contributed by atoms with Gasteiger partial charge in [-0.05, 0) is 67.2 Å². The second kappa shape index (κ2) is 12.2. The second-order valence-corrected chi connectivity index (χ2v) is 13.0. The number of nitrogen functional groups attached to an aromatic ring is 1. The molecule has 2 aliphatic rings. The second-order valence-electron chi connectivity index (χ2n) is 11.3. The molecular weight excluding hydrogens is 623 g/mol. The number of halogens is 2. The van der Waals surface area contributed by atoms with Crippen molar-refractivity contribution < 1.29 is 19.0 Å². The third kappa shape index (κ3) is 5.90. The number of nitrogens with zero attached hydrogens (tertiary/aromatic N) is 8. The van der Waals surface area contributed by atoms with Crippen molar-refractivity contribution in [2.24, 2.45) is 0 Å². The van der Waals surface area contributed by atoms with Crippen molar-refractivity contribution in [2.75, 3.05) is 23.7 Å². The molecule has 45 heavy (non-hydrogen) atoms. The number of nitrogens with one attached hydrogen (secondary N) is 1. The monoisotopic (exact) mass is 652 g/mol. The Morgan fingerprint density at radius 3 is 2.78 bits per heavy atom. The quantitative estimate of drug-likeness (QED) is 0.235. The van der Waals surface area contributed by atoms with Crippen molar-refractivity contribution in [2.45, 2.75) is 56.8 Å². The third-order valence-electron chi connectivity index (χ3n) is 8.31. The first-order valence-corrected chi connectivity index (χ1v) is 15.9. The van der Waals surface area contributed by atoms with Gasteiger partial charge in [-0.15, -0.1) is 16.4 Å². The van der Waals surface area contributed by atoms with E-state index >= 15 is 4.39 Å². The number of amides is 1. The van der Waals surface area contributed by atoms with E-state index in [2.05, 4.69) is 35.8 Å².